The first-order valence-corrected chi connectivity index (χ1v) is 7.81. The zero-order valence-electron chi connectivity index (χ0n) is 12.9. The predicted octanol–water partition coefficient (Wildman–Crippen LogP) is 2.64. The summed E-state index contributed by atoms with van der Waals surface area (Å²) in [5, 5.41) is 3.40. The summed E-state index contributed by atoms with van der Waals surface area (Å²) >= 11 is 0. The Hall–Kier alpha value is -0.840. The van der Waals surface area contributed by atoms with Gasteiger partial charge in [0.25, 0.3) is 0 Å². The van der Waals surface area contributed by atoms with Crippen LogP contribution < -0.4 is 5.32 Å². The Kier molecular flexibility index (Phi) is 6.57. The highest BCUT2D eigenvalue weighted by Gasteiger charge is 2.16. The van der Waals surface area contributed by atoms with E-state index in [1.807, 2.05) is 6.26 Å². The van der Waals surface area contributed by atoms with Crippen LogP contribution in [0, 0.1) is 5.92 Å². The van der Waals surface area contributed by atoms with Gasteiger partial charge in [0.15, 0.2) is 0 Å². The van der Waals surface area contributed by atoms with Crippen LogP contribution in [0.25, 0.3) is 0 Å². The van der Waals surface area contributed by atoms with Gasteiger partial charge in [0, 0.05) is 31.9 Å². The van der Waals surface area contributed by atoms with Crippen molar-refractivity contribution in [3.8, 4) is 0 Å². The largest absolute Gasteiger partial charge is 0.468 e. The van der Waals surface area contributed by atoms with E-state index in [2.05, 4.69) is 30.3 Å². The van der Waals surface area contributed by atoms with Gasteiger partial charge in [-0.2, -0.15) is 0 Å². The highest BCUT2D eigenvalue weighted by atomic mass is 16.5. The molecule has 2 rings (SSSR count). The second-order valence-electron chi connectivity index (χ2n) is 5.85. The van der Waals surface area contributed by atoms with Crippen molar-refractivity contribution in [2.75, 3.05) is 33.4 Å². The maximum Gasteiger partial charge on any atom is 0.118 e. The number of furan rings is 1. The monoisotopic (exact) mass is 280 g/mol. The molecule has 0 spiro atoms. The van der Waals surface area contributed by atoms with Gasteiger partial charge in [-0.15, -0.1) is 0 Å². The van der Waals surface area contributed by atoms with Crippen molar-refractivity contribution in [2.45, 2.75) is 39.3 Å². The molecule has 1 aliphatic heterocycles. The Morgan fingerprint density at radius 2 is 2.15 bits per heavy atom. The van der Waals surface area contributed by atoms with Gasteiger partial charge in [-0.05, 0) is 44.8 Å². The van der Waals surface area contributed by atoms with E-state index < -0.39 is 0 Å². The summed E-state index contributed by atoms with van der Waals surface area (Å²) < 4.78 is 11.1. The molecule has 0 amide bonds. The number of rotatable bonds is 8. The Morgan fingerprint density at radius 3 is 2.90 bits per heavy atom. The molecular formula is C16H28N2O2. The van der Waals surface area contributed by atoms with Gasteiger partial charge >= 0.3 is 0 Å². The first-order valence-electron chi connectivity index (χ1n) is 7.81. The van der Waals surface area contributed by atoms with Gasteiger partial charge in [0.2, 0.25) is 0 Å². The van der Waals surface area contributed by atoms with Gasteiger partial charge in [0.1, 0.15) is 5.76 Å². The van der Waals surface area contributed by atoms with Crippen LogP contribution in [0.1, 0.15) is 37.5 Å². The van der Waals surface area contributed by atoms with Crippen LogP contribution in [-0.4, -0.2) is 38.3 Å². The van der Waals surface area contributed by atoms with Crippen LogP contribution in [-0.2, 0) is 17.8 Å². The highest BCUT2D eigenvalue weighted by molar-refractivity contribution is 5.12. The van der Waals surface area contributed by atoms with Gasteiger partial charge < -0.3 is 14.5 Å². The van der Waals surface area contributed by atoms with Crippen molar-refractivity contribution >= 4 is 0 Å². The smallest absolute Gasteiger partial charge is 0.118 e. The topological polar surface area (TPSA) is 37.6 Å². The van der Waals surface area contributed by atoms with Crippen molar-refractivity contribution < 1.29 is 9.15 Å². The van der Waals surface area contributed by atoms with Crippen molar-refractivity contribution in [1.29, 1.82) is 0 Å². The zero-order valence-corrected chi connectivity index (χ0v) is 12.9. The average molecular weight is 280 g/mol. The van der Waals surface area contributed by atoms with Gasteiger partial charge in [-0.1, -0.05) is 6.92 Å². The second kappa shape index (κ2) is 8.45. The summed E-state index contributed by atoms with van der Waals surface area (Å²) in [7, 11) is 2.17. The molecule has 1 aliphatic rings. The lowest BCUT2D eigenvalue weighted by Gasteiger charge is -2.26. The summed E-state index contributed by atoms with van der Waals surface area (Å²) in [5.41, 5.74) is 1.24. The lowest BCUT2D eigenvalue weighted by atomic mass is 10.00. The molecule has 20 heavy (non-hydrogen) atoms. The first kappa shape index (κ1) is 15.5. The Balaban J connectivity index is 1.71. The van der Waals surface area contributed by atoms with Gasteiger partial charge in [0.05, 0.1) is 12.8 Å². The molecule has 1 N–H and O–H groups in total. The molecule has 0 saturated carbocycles. The van der Waals surface area contributed by atoms with Crippen molar-refractivity contribution in [1.82, 2.24) is 10.2 Å². The number of hydrogen-bond donors (Lipinski definition) is 1. The molecule has 114 valence electrons. The van der Waals surface area contributed by atoms with E-state index in [0.717, 1.165) is 51.1 Å². The predicted molar refractivity (Wildman–Crippen MR) is 80.6 cm³/mol. The van der Waals surface area contributed by atoms with E-state index in [9.17, 15) is 0 Å². The normalized spacial score (nSPS) is 16.9. The van der Waals surface area contributed by atoms with Gasteiger partial charge in [-0.25, -0.2) is 0 Å². The maximum atomic E-state index is 5.65. The fraction of sp³-hybridized carbons (Fsp3) is 0.750. The molecule has 1 saturated heterocycles. The SMILES string of the molecule is CCCNCc1coc(CN(C)CC2CCOCC2)c1. The quantitative estimate of drug-likeness (QED) is 0.743. The fourth-order valence-electron chi connectivity index (χ4n) is 2.71. The van der Waals surface area contributed by atoms with Crippen LogP contribution >= 0.6 is 0 Å². The molecule has 0 radical (unpaired) electrons. The van der Waals surface area contributed by atoms with Crippen LogP contribution in [0.2, 0.25) is 0 Å². The summed E-state index contributed by atoms with van der Waals surface area (Å²) in [6, 6.07) is 2.17. The third-order valence-electron chi connectivity index (χ3n) is 3.80. The van der Waals surface area contributed by atoms with Crippen LogP contribution in [0.3, 0.4) is 0 Å². The minimum Gasteiger partial charge on any atom is -0.468 e. The fourth-order valence-corrected chi connectivity index (χ4v) is 2.71. The average Bonchev–Trinajstić information content (AvgIpc) is 2.87. The number of hydrogen-bond acceptors (Lipinski definition) is 4. The lowest BCUT2D eigenvalue weighted by Crippen LogP contribution is -2.29. The Morgan fingerprint density at radius 1 is 1.35 bits per heavy atom. The summed E-state index contributed by atoms with van der Waals surface area (Å²) in [6.07, 6.45) is 5.42. The minimum atomic E-state index is 0.773. The molecule has 0 aromatic carbocycles. The summed E-state index contributed by atoms with van der Waals surface area (Å²) in [4.78, 5) is 2.36. The Bertz CT molecular complexity index is 372. The number of nitrogens with one attached hydrogen (secondary N) is 1. The van der Waals surface area contributed by atoms with Crippen molar-refractivity contribution in [2.24, 2.45) is 5.92 Å². The second-order valence-corrected chi connectivity index (χ2v) is 5.85. The zero-order chi connectivity index (χ0) is 14.2. The third-order valence-corrected chi connectivity index (χ3v) is 3.80. The van der Waals surface area contributed by atoms with Crippen LogP contribution in [0.15, 0.2) is 16.7 Å². The molecule has 1 fully saturated rings. The molecule has 0 atom stereocenters. The molecule has 0 aliphatic carbocycles. The molecule has 0 bridgehead atoms. The molecule has 4 nitrogen and oxygen atoms in total. The molecule has 1 aromatic heterocycles. The van der Waals surface area contributed by atoms with Gasteiger partial charge in [-0.3, -0.25) is 4.90 Å². The van der Waals surface area contributed by atoms with Crippen molar-refractivity contribution in [3.05, 3.63) is 23.7 Å². The van der Waals surface area contributed by atoms with E-state index in [1.165, 1.54) is 24.8 Å². The van der Waals surface area contributed by atoms with Crippen molar-refractivity contribution in [3.63, 3.8) is 0 Å². The molecule has 4 heteroatoms. The number of ether oxygens (including phenoxy) is 1. The van der Waals surface area contributed by atoms with E-state index in [1.54, 1.807) is 0 Å². The Labute approximate surface area is 122 Å². The maximum absolute atomic E-state index is 5.65. The van der Waals surface area contributed by atoms with Crippen LogP contribution in [0.4, 0.5) is 0 Å². The molecule has 1 aromatic rings. The summed E-state index contributed by atoms with van der Waals surface area (Å²) in [6.45, 7) is 8.02. The number of nitrogens with zero attached hydrogens (tertiary/aromatic N) is 1. The minimum absolute atomic E-state index is 0.773. The lowest BCUT2D eigenvalue weighted by molar-refractivity contribution is 0.0543. The van der Waals surface area contributed by atoms with E-state index in [0.29, 0.717) is 0 Å². The summed E-state index contributed by atoms with van der Waals surface area (Å²) in [5.74, 6) is 1.84. The van der Waals surface area contributed by atoms with E-state index in [-0.39, 0.29) is 0 Å². The standard InChI is InChI=1S/C16H28N2O2/c1-3-6-17-10-15-9-16(20-13-15)12-18(2)11-14-4-7-19-8-5-14/h9,13-14,17H,3-8,10-12H2,1-2H3. The third kappa shape index (κ3) is 5.27. The molecule has 2 heterocycles. The first-order chi connectivity index (χ1) is 9.78. The van der Waals surface area contributed by atoms with E-state index >= 15 is 0 Å². The van der Waals surface area contributed by atoms with E-state index in [4.69, 9.17) is 9.15 Å². The molecule has 0 unspecified atom stereocenters. The highest BCUT2D eigenvalue weighted by Crippen LogP contribution is 2.17. The molecular weight excluding hydrogens is 252 g/mol. The van der Waals surface area contributed by atoms with Crippen LogP contribution in [0.5, 0.6) is 0 Å².